The molecule has 3 atom stereocenters. The van der Waals surface area contributed by atoms with Gasteiger partial charge in [0.1, 0.15) is 0 Å². The molecule has 18 heavy (non-hydrogen) atoms. The zero-order valence-corrected chi connectivity index (χ0v) is 12.7. The van der Waals surface area contributed by atoms with Crippen LogP contribution in [0.1, 0.15) is 64.1 Å². The van der Waals surface area contributed by atoms with Gasteiger partial charge in [0.15, 0.2) is 0 Å². The number of nitrogens with one attached hydrogen (secondary N) is 1. The van der Waals surface area contributed by atoms with E-state index in [0.717, 1.165) is 5.92 Å². The highest BCUT2D eigenvalue weighted by Crippen LogP contribution is 2.20. The van der Waals surface area contributed by atoms with Crippen molar-refractivity contribution in [2.24, 2.45) is 5.92 Å². The zero-order valence-electron chi connectivity index (χ0n) is 12.7. The van der Waals surface area contributed by atoms with Crippen molar-refractivity contribution < 1.29 is 0 Å². The van der Waals surface area contributed by atoms with Crippen LogP contribution in [0.4, 0.5) is 0 Å². The molecule has 1 heteroatoms. The molecule has 0 aromatic heterocycles. The first-order chi connectivity index (χ1) is 8.58. The third-order valence-corrected chi connectivity index (χ3v) is 4.02. The SMILES string of the molecule is CCC(C)CC(CC)N[C@H](C)c1ccccc1C. The Bertz CT molecular complexity index is 345. The summed E-state index contributed by atoms with van der Waals surface area (Å²) in [6.45, 7) is 11.4. The maximum Gasteiger partial charge on any atom is 0.0296 e. The largest absolute Gasteiger partial charge is 0.307 e. The molecule has 2 unspecified atom stereocenters. The molecule has 0 radical (unpaired) electrons. The Kier molecular flexibility index (Phi) is 6.42. The smallest absolute Gasteiger partial charge is 0.0296 e. The van der Waals surface area contributed by atoms with Crippen LogP contribution in [0.5, 0.6) is 0 Å². The molecule has 1 aromatic rings. The summed E-state index contributed by atoms with van der Waals surface area (Å²) < 4.78 is 0. The van der Waals surface area contributed by atoms with Gasteiger partial charge in [-0.1, -0.05) is 51.5 Å². The van der Waals surface area contributed by atoms with E-state index in [0.29, 0.717) is 12.1 Å². The molecule has 102 valence electrons. The average molecular weight is 247 g/mol. The molecule has 1 rings (SSSR count). The van der Waals surface area contributed by atoms with Crippen LogP contribution < -0.4 is 5.32 Å². The minimum absolute atomic E-state index is 0.445. The van der Waals surface area contributed by atoms with Crippen molar-refractivity contribution in [2.75, 3.05) is 0 Å². The van der Waals surface area contributed by atoms with Gasteiger partial charge < -0.3 is 5.32 Å². The molecule has 0 saturated heterocycles. The lowest BCUT2D eigenvalue weighted by Crippen LogP contribution is -2.32. The summed E-state index contributed by atoms with van der Waals surface area (Å²) >= 11 is 0. The summed E-state index contributed by atoms with van der Waals surface area (Å²) in [5, 5.41) is 3.79. The second-order valence-electron chi connectivity index (χ2n) is 5.60. The fourth-order valence-corrected chi connectivity index (χ4v) is 2.52. The molecule has 0 aliphatic rings. The van der Waals surface area contributed by atoms with Gasteiger partial charge in [0.25, 0.3) is 0 Å². The van der Waals surface area contributed by atoms with Gasteiger partial charge in [-0.3, -0.25) is 0 Å². The van der Waals surface area contributed by atoms with Gasteiger partial charge in [-0.25, -0.2) is 0 Å². The Balaban J connectivity index is 2.62. The van der Waals surface area contributed by atoms with Crippen molar-refractivity contribution in [1.29, 1.82) is 0 Å². The number of hydrogen-bond donors (Lipinski definition) is 1. The van der Waals surface area contributed by atoms with Crippen LogP contribution in [-0.4, -0.2) is 6.04 Å². The zero-order chi connectivity index (χ0) is 13.5. The highest BCUT2D eigenvalue weighted by molar-refractivity contribution is 5.28. The standard InChI is InChI=1S/C17H29N/c1-6-13(3)12-16(7-2)18-15(5)17-11-9-8-10-14(17)4/h8-11,13,15-16,18H,6-7,12H2,1-5H3/t13?,15-,16?/m1/s1. The number of aryl methyl sites for hydroxylation is 1. The Morgan fingerprint density at radius 2 is 1.72 bits per heavy atom. The van der Waals surface area contributed by atoms with Crippen LogP contribution in [0.2, 0.25) is 0 Å². The van der Waals surface area contributed by atoms with E-state index in [9.17, 15) is 0 Å². The quantitative estimate of drug-likeness (QED) is 0.725. The molecule has 0 aliphatic carbocycles. The van der Waals surface area contributed by atoms with Crippen LogP contribution in [0, 0.1) is 12.8 Å². The molecule has 0 fully saturated rings. The minimum atomic E-state index is 0.445. The van der Waals surface area contributed by atoms with E-state index < -0.39 is 0 Å². The number of rotatable bonds is 7. The normalized spacial score (nSPS) is 16.3. The molecule has 0 amide bonds. The first-order valence-electron chi connectivity index (χ1n) is 7.40. The molecule has 1 aromatic carbocycles. The van der Waals surface area contributed by atoms with Gasteiger partial charge in [-0.05, 0) is 43.7 Å². The van der Waals surface area contributed by atoms with Gasteiger partial charge in [0.05, 0.1) is 0 Å². The van der Waals surface area contributed by atoms with E-state index in [1.807, 2.05) is 0 Å². The molecular weight excluding hydrogens is 218 g/mol. The maximum atomic E-state index is 3.79. The third kappa shape index (κ3) is 4.45. The molecule has 0 spiro atoms. The van der Waals surface area contributed by atoms with Gasteiger partial charge in [-0.2, -0.15) is 0 Å². The topological polar surface area (TPSA) is 12.0 Å². The molecule has 0 aliphatic heterocycles. The van der Waals surface area contributed by atoms with Gasteiger partial charge >= 0.3 is 0 Å². The van der Waals surface area contributed by atoms with Gasteiger partial charge in [0.2, 0.25) is 0 Å². The van der Waals surface area contributed by atoms with E-state index in [1.54, 1.807) is 0 Å². The fourth-order valence-electron chi connectivity index (χ4n) is 2.52. The van der Waals surface area contributed by atoms with E-state index in [-0.39, 0.29) is 0 Å². The summed E-state index contributed by atoms with van der Waals surface area (Å²) in [6.07, 6.45) is 3.76. The maximum absolute atomic E-state index is 3.79. The van der Waals surface area contributed by atoms with E-state index in [1.165, 1.54) is 30.4 Å². The summed E-state index contributed by atoms with van der Waals surface area (Å²) in [5.74, 6) is 0.812. The predicted molar refractivity (Wildman–Crippen MR) is 80.9 cm³/mol. The second-order valence-corrected chi connectivity index (χ2v) is 5.60. The molecule has 1 N–H and O–H groups in total. The van der Waals surface area contributed by atoms with Crippen molar-refractivity contribution in [2.45, 2.75) is 66.0 Å². The van der Waals surface area contributed by atoms with Crippen molar-refractivity contribution in [3.63, 3.8) is 0 Å². The average Bonchev–Trinajstić information content (AvgIpc) is 2.38. The fraction of sp³-hybridized carbons (Fsp3) is 0.647. The van der Waals surface area contributed by atoms with Crippen molar-refractivity contribution in [3.8, 4) is 0 Å². The van der Waals surface area contributed by atoms with Crippen molar-refractivity contribution >= 4 is 0 Å². The van der Waals surface area contributed by atoms with E-state index in [4.69, 9.17) is 0 Å². The molecule has 0 saturated carbocycles. The lowest BCUT2D eigenvalue weighted by Gasteiger charge is -2.25. The van der Waals surface area contributed by atoms with E-state index >= 15 is 0 Å². The van der Waals surface area contributed by atoms with Crippen molar-refractivity contribution in [3.05, 3.63) is 35.4 Å². The number of benzene rings is 1. The van der Waals surface area contributed by atoms with Crippen LogP contribution in [-0.2, 0) is 0 Å². The molecular formula is C17H29N. The first-order valence-corrected chi connectivity index (χ1v) is 7.40. The summed E-state index contributed by atoms with van der Waals surface area (Å²) in [6, 6.07) is 9.76. The Labute approximate surface area is 113 Å². The summed E-state index contributed by atoms with van der Waals surface area (Å²) in [7, 11) is 0. The monoisotopic (exact) mass is 247 g/mol. The summed E-state index contributed by atoms with van der Waals surface area (Å²) in [5.41, 5.74) is 2.82. The van der Waals surface area contributed by atoms with E-state index in [2.05, 4.69) is 64.2 Å². The second kappa shape index (κ2) is 7.58. The number of hydrogen-bond acceptors (Lipinski definition) is 1. The van der Waals surface area contributed by atoms with Gasteiger partial charge in [-0.15, -0.1) is 0 Å². The van der Waals surface area contributed by atoms with Gasteiger partial charge in [0, 0.05) is 12.1 Å². The van der Waals surface area contributed by atoms with Crippen LogP contribution >= 0.6 is 0 Å². The predicted octanol–water partition coefficient (Wildman–Crippen LogP) is 4.86. The molecule has 0 heterocycles. The lowest BCUT2D eigenvalue weighted by molar-refractivity contribution is 0.358. The Morgan fingerprint density at radius 1 is 1.06 bits per heavy atom. The third-order valence-electron chi connectivity index (χ3n) is 4.02. The highest BCUT2D eigenvalue weighted by Gasteiger charge is 2.15. The highest BCUT2D eigenvalue weighted by atomic mass is 14.9. The Hall–Kier alpha value is -0.820. The van der Waals surface area contributed by atoms with Crippen LogP contribution in [0.3, 0.4) is 0 Å². The van der Waals surface area contributed by atoms with Crippen molar-refractivity contribution in [1.82, 2.24) is 5.32 Å². The van der Waals surface area contributed by atoms with Crippen LogP contribution in [0.25, 0.3) is 0 Å². The first kappa shape index (κ1) is 15.2. The molecule has 1 nitrogen and oxygen atoms in total. The minimum Gasteiger partial charge on any atom is -0.307 e. The molecule has 0 bridgehead atoms. The summed E-state index contributed by atoms with van der Waals surface area (Å²) in [4.78, 5) is 0. The Morgan fingerprint density at radius 3 is 2.28 bits per heavy atom. The lowest BCUT2D eigenvalue weighted by atomic mass is 9.95. The van der Waals surface area contributed by atoms with Crippen LogP contribution in [0.15, 0.2) is 24.3 Å².